The second-order valence-corrected chi connectivity index (χ2v) is 5.49. The molecule has 19 heavy (non-hydrogen) atoms. The van der Waals surface area contributed by atoms with Crippen LogP contribution >= 0.6 is 0 Å². The van der Waals surface area contributed by atoms with Gasteiger partial charge in [0.2, 0.25) is 0 Å². The number of hydrogen-bond acceptors (Lipinski definition) is 4. The minimum absolute atomic E-state index is 0.839. The summed E-state index contributed by atoms with van der Waals surface area (Å²) in [6, 6.07) is 0. The predicted octanol–water partition coefficient (Wildman–Crippen LogP) is 3.23. The lowest BCUT2D eigenvalue weighted by Gasteiger charge is -2.21. The van der Waals surface area contributed by atoms with Gasteiger partial charge in [-0.25, -0.2) is 9.97 Å². The van der Waals surface area contributed by atoms with Gasteiger partial charge in [-0.1, -0.05) is 20.3 Å². The molecule has 1 saturated heterocycles. The Morgan fingerprint density at radius 2 is 2.16 bits per heavy atom. The van der Waals surface area contributed by atoms with E-state index in [1.54, 1.807) is 6.33 Å². The first-order valence-electron chi connectivity index (χ1n) is 7.56. The average molecular weight is 262 g/mol. The largest absolute Gasteiger partial charge is 0.370 e. The Hall–Kier alpha value is -1.32. The molecule has 0 aromatic carbocycles. The molecule has 1 aliphatic heterocycles. The standard InChI is InChI=1S/C15H26N4/c1-4-6-13-7-9-19(10-13)15-12(3)14(16-8-5-2)17-11-18-15/h11,13H,4-10H2,1-3H3,(H,16,17,18). The van der Waals surface area contributed by atoms with Crippen molar-refractivity contribution in [2.24, 2.45) is 5.92 Å². The summed E-state index contributed by atoms with van der Waals surface area (Å²) in [5.74, 6) is 2.95. The van der Waals surface area contributed by atoms with Gasteiger partial charge in [-0.05, 0) is 32.1 Å². The molecule has 0 saturated carbocycles. The Kier molecular flexibility index (Phi) is 5.00. The normalized spacial score (nSPS) is 18.9. The zero-order valence-electron chi connectivity index (χ0n) is 12.4. The van der Waals surface area contributed by atoms with Crippen molar-refractivity contribution in [1.82, 2.24) is 9.97 Å². The molecule has 1 unspecified atom stereocenters. The minimum atomic E-state index is 0.839. The average Bonchev–Trinajstić information content (AvgIpc) is 2.86. The molecule has 2 rings (SSSR count). The maximum absolute atomic E-state index is 4.50. The van der Waals surface area contributed by atoms with Crippen molar-refractivity contribution in [3.63, 3.8) is 0 Å². The van der Waals surface area contributed by atoms with E-state index < -0.39 is 0 Å². The lowest BCUT2D eigenvalue weighted by Crippen LogP contribution is -2.22. The van der Waals surface area contributed by atoms with Gasteiger partial charge in [-0.15, -0.1) is 0 Å². The Bertz CT molecular complexity index is 405. The summed E-state index contributed by atoms with van der Waals surface area (Å²) in [5, 5.41) is 3.39. The first-order chi connectivity index (χ1) is 9.26. The van der Waals surface area contributed by atoms with Crippen molar-refractivity contribution < 1.29 is 0 Å². The smallest absolute Gasteiger partial charge is 0.137 e. The van der Waals surface area contributed by atoms with Gasteiger partial charge in [0, 0.05) is 25.2 Å². The molecule has 1 aromatic heterocycles. The Labute approximate surface area is 116 Å². The lowest BCUT2D eigenvalue weighted by atomic mass is 10.0. The van der Waals surface area contributed by atoms with Crippen LogP contribution in [0.4, 0.5) is 11.6 Å². The van der Waals surface area contributed by atoms with Crippen molar-refractivity contribution in [1.29, 1.82) is 0 Å². The Morgan fingerprint density at radius 3 is 2.89 bits per heavy atom. The zero-order chi connectivity index (χ0) is 13.7. The highest BCUT2D eigenvalue weighted by Crippen LogP contribution is 2.29. The molecule has 0 radical (unpaired) electrons. The van der Waals surface area contributed by atoms with E-state index in [1.165, 1.54) is 24.8 Å². The molecule has 106 valence electrons. The highest BCUT2D eigenvalue weighted by molar-refractivity contribution is 5.58. The second kappa shape index (κ2) is 6.73. The molecule has 1 fully saturated rings. The van der Waals surface area contributed by atoms with E-state index in [9.17, 15) is 0 Å². The van der Waals surface area contributed by atoms with E-state index in [1.807, 2.05) is 0 Å². The molecule has 1 aliphatic rings. The molecule has 1 atom stereocenters. The maximum Gasteiger partial charge on any atom is 0.137 e. The topological polar surface area (TPSA) is 41.1 Å². The van der Waals surface area contributed by atoms with Gasteiger partial charge in [-0.2, -0.15) is 0 Å². The SMILES string of the molecule is CCCNc1ncnc(N2CCC(CCC)C2)c1C. The maximum atomic E-state index is 4.50. The van der Waals surface area contributed by atoms with Crippen molar-refractivity contribution in [2.75, 3.05) is 29.9 Å². The summed E-state index contributed by atoms with van der Waals surface area (Å²) in [4.78, 5) is 11.3. The molecule has 1 N–H and O–H groups in total. The van der Waals surface area contributed by atoms with Crippen molar-refractivity contribution in [2.45, 2.75) is 46.5 Å². The quantitative estimate of drug-likeness (QED) is 0.854. The van der Waals surface area contributed by atoms with E-state index in [0.717, 1.165) is 43.6 Å². The van der Waals surface area contributed by atoms with Gasteiger partial charge >= 0.3 is 0 Å². The third-order valence-electron chi connectivity index (χ3n) is 3.88. The fourth-order valence-corrected chi connectivity index (χ4v) is 2.85. The summed E-state index contributed by atoms with van der Waals surface area (Å²) in [6.07, 6.45) is 6.72. The Balaban J connectivity index is 2.08. The molecular formula is C15H26N4. The number of nitrogens with one attached hydrogen (secondary N) is 1. The van der Waals surface area contributed by atoms with Crippen LogP contribution in [0.25, 0.3) is 0 Å². The minimum Gasteiger partial charge on any atom is -0.370 e. The van der Waals surface area contributed by atoms with E-state index >= 15 is 0 Å². The van der Waals surface area contributed by atoms with E-state index in [0.29, 0.717) is 0 Å². The third kappa shape index (κ3) is 3.37. The molecular weight excluding hydrogens is 236 g/mol. The summed E-state index contributed by atoms with van der Waals surface area (Å²) < 4.78 is 0. The van der Waals surface area contributed by atoms with Gasteiger partial charge in [0.1, 0.15) is 18.0 Å². The fourth-order valence-electron chi connectivity index (χ4n) is 2.85. The molecule has 4 nitrogen and oxygen atoms in total. The van der Waals surface area contributed by atoms with Crippen LogP contribution in [0.2, 0.25) is 0 Å². The molecule has 2 heterocycles. The van der Waals surface area contributed by atoms with Crippen molar-refractivity contribution in [3.8, 4) is 0 Å². The summed E-state index contributed by atoms with van der Waals surface area (Å²) in [6.45, 7) is 9.82. The van der Waals surface area contributed by atoms with Crippen LogP contribution in [-0.2, 0) is 0 Å². The number of hydrogen-bond donors (Lipinski definition) is 1. The van der Waals surface area contributed by atoms with Crippen LogP contribution in [0.1, 0.15) is 45.1 Å². The highest BCUT2D eigenvalue weighted by atomic mass is 15.2. The van der Waals surface area contributed by atoms with Crippen LogP contribution in [0.5, 0.6) is 0 Å². The van der Waals surface area contributed by atoms with Crippen LogP contribution in [0.3, 0.4) is 0 Å². The van der Waals surface area contributed by atoms with Gasteiger partial charge in [-0.3, -0.25) is 0 Å². The molecule has 0 bridgehead atoms. The first-order valence-corrected chi connectivity index (χ1v) is 7.56. The number of nitrogens with zero attached hydrogens (tertiary/aromatic N) is 3. The van der Waals surface area contributed by atoms with E-state index in [2.05, 4.69) is 41.0 Å². The number of rotatable bonds is 6. The van der Waals surface area contributed by atoms with Gasteiger partial charge in [0.05, 0.1) is 0 Å². The fraction of sp³-hybridized carbons (Fsp3) is 0.733. The van der Waals surface area contributed by atoms with Crippen LogP contribution in [0.15, 0.2) is 6.33 Å². The summed E-state index contributed by atoms with van der Waals surface area (Å²) >= 11 is 0. The predicted molar refractivity (Wildman–Crippen MR) is 80.8 cm³/mol. The van der Waals surface area contributed by atoms with Crippen LogP contribution in [-0.4, -0.2) is 29.6 Å². The third-order valence-corrected chi connectivity index (χ3v) is 3.88. The number of aromatic nitrogens is 2. The van der Waals surface area contributed by atoms with Crippen LogP contribution < -0.4 is 10.2 Å². The van der Waals surface area contributed by atoms with Crippen LogP contribution in [0, 0.1) is 12.8 Å². The highest BCUT2D eigenvalue weighted by Gasteiger charge is 2.24. The van der Waals surface area contributed by atoms with E-state index in [-0.39, 0.29) is 0 Å². The molecule has 4 heteroatoms. The van der Waals surface area contributed by atoms with Gasteiger partial charge in [0.25, 0.3) is 0 Å². The van der Waals surface area contributed by atoms with Crippen molar-refractivity contribution in [3.05, 3.63) is 11.9 Å². The molecule has 1 aromatic rings. The van der Waals surface area contributed by atoms with Gasteiger partial charge in [0.15, 0.2) is 0 Å². The lowest BCUT2D eigenvalue weighted by molar-refractivity contribution is 0.529. The first kappa shape index (κ1) is 14.1. The molecule has 0 aliphatic carbocycles. The van der Waals surface area contributed by atoms with E-state index in [4.69, 9.17) is 0 Å². The zero-order valence-corrected chi connectivity index (χ0v) is 12.4. The van der Waals surface area contributed by atoms with Gasteiger partial charge < -0.3 is 10.2 Å². The van der Waals surface area contributed by atoms with Crippen molar-refractivity contribution >= 4 is 11.6 Å². The summed E-state index contributed by atoms with van der Waals surface area (Å²) in [7, 11) is 0. The second-order valence-electron chi connectivity index (χ2n) is 5.49. The Morgan fingerprint density at radius 1 is 1.32 bits per heavy atom. The molecule has 0 amide bonds. The molecule has 0 spiro atoms. The summed E-state index contributed by atoms with van der Waals surface area (Å²) in [5.41, 5.74) is 1.19. The number of anilines is 2. The monoisotopic (exact) mass is 262 g/mol.